The Hall–Kier alpha value is -3.46. The monoisotopic (exact) mass is 396 g/mol. The quantitative estimate of drug-likeness (QED) is 0.288. The van der Waals surface area contributed by atoms with Gasteiger partial charge in [-0.05, 0) is 52.3 Å². The number of ketones is 1. The van der Waals surface area contributed by atoms with E-state index >= 15 is 0 Å². The van der Waals surface area contributed by atoms with Crippen molar-refractivity contribution in [1.82, 2.24) is 0 Å². The van der Waals surface area contributed by atoms with Crippen molar-refractivity contribution in [3.63, 3.8) is 0 Å². The molecule has 0 aliphatic heterocycles. The summed E-state index contributed by atoms with van der Waals surface area (Å²) in [5.74, 6) is 0.0568. The Morgan fingerprint density at radius 3 is 1.90 bits per heavy atom. The zero-order valence-corrected chi connectivity index (χ0v) is 17.7. The Bertz CT molecular complexity index is 1290. The highest BCUT2D eigenvalue weighted by atomic mass is 16.4. The zero-order valence-electron chi connectivity index (χ0n) is 17.7. The topological polar surface area (TPSA) is 47.3 Å². The van der Waals surface area contributed by atoms with Gasteiger partial charge in [0, 0.05) is 17.0 Å². The third kappa shape index (κ3) is 3.84. The highest BCUT2D eigenvalue weighted by Crippen LogP contribution is 2.33. The third-order valence-electron chi connectivity index (χ3n) is 5.43. The van der Waals surface area contributed by atoms with Gasteiger partial charge >= 0.3 is 5.63 Å². The summed E-state index contributed by atoms with van der Waals surface area (Å²) in [6.45, 7) is 8.06. The molecule has 0 N–H and O–H groups in total. The van der Waals surface area contributed by atoms with E-state index in [4.69, 9.17) is 4.42 Å². The number of Topliss-reactive ketones (excluding diaryl/α,β-unsaturated/α-hetero) is 1. The first kappa shape index (κ1) is 19.8. The van der Waals surface area contributed by atoms with Gasteiger partial charge in [-0.15, -0.1) is 0 Å². The minimum Gasteiger partial charge on any atom is -0.423 e. The Morgan fingerprint density at radius 1 is 0.767 bits per heavy atom. The molecule has 1 aromatic heterocycles. The van der Waals surface area contributed by atoms with Gasteiger partial charge in [0.2, 0.25) is 0 Å². The second-order valence-electron chi connectivity index (χ2n) is 8.65. The molecule has 0 fully saturated rings. The Labute approximate surface area is 176 Å². The summed E-state index contributed by atoms with van der Waals surface area (Å²) in [7, 11) is 0. The van der Waals surface area contributed by atoms with Crippen LogP contribution in [0.2, 0.25) is 0 Å². The van der Waals surface area contributed by atoms with Crippen molar-refractivity contribution in [2.24, 2.45) is 0 Å². The van der Waals surface area contributed by atoms with Crippen LogP contribution in [-0.2, 0) is 5.41 Å². The first-order valence-corrected chi connectivity index (χ1v) is 10.0. The molecule has 0 radical (unpaired) electrons. The minimum absolute atomic E-state index is 0.00249. The van der Waals surface area contributed by atoms with E-state index in [2.05, 4.69) is 26.8 Å². The molecule has 0 bridgehead atoms. The number of hydrogen-bond acceptors (Lipinski definition) is 3. The molecule has 0 atom stereocenters. The van der Waals surface area contributed by atoms with Gasteiger partial charge in [0.25, 0.3) is 0 Å². The first-order chi connectivity index (χ1) is 14.2. The number of fused-ring (bicyclic) bond motifs is 1. The molecule has 0 spiro atoms. The number of carbonyl (C=O) groups is 1. The molecule has 0 saturated carbocycles. The van der Waals surface area contributed by atoms with Crippen LogP contribution in [0.15, 0.2) is 82.0 Å². The standard InChI is InChI=1S/C27H24O3/c1-17(28)18-5-7-19(8-6-18)20-9-11-21(12-10-20)23-16-26(29)30-25-14-13-22(15-24(23)25)27(2,3)4/h5-16H,1-4H3. The Balaban J connectivity index is 1.78. The van der Waals surface area contributed by atoms with Gasteiger partial charge < -0.3 is 4.42 Å². The van der Waals surface area contributed by atoms with Crippen molar-refractivity contribution in [2.75, 3.05) is 0 Å². The van der Waals surface area contributed by atoms with Crippen molar-refractivity contribution < 1.29 is 9.21 Å². The van der Waals surface area contributed by atoms with E-state index in [1.807, 2.05) is 60.7 Å². The average molecular weight is 396 g/mol. The minimum atomic E-state index is -0.357. The lowest BCUT2D eigenvalue weighted by Gasteiger charge is -2.19. The maximum Gasteiger partial charge on any atom is 0.336 e. The van der Waals surface area contributed by atoms with Crippen LogP contribution in [0.1, 0.15) is 43.6 Å². The molecule has 0 unspecified atom stereocenters. The van der Waals surface area contributed by atoms with Crippen LogP contribution >= 0.6 is 0 Å². The molecule has 4 rings (SSSR count). The van der Waals surface area contributed by atoms with E-state index in [0.717, 1.165) is 27.6 Å². The van der Waals surface area contributed by atoms with Crippen LogP contribution < -0.4 is 5.63 Å². The van der Waals surface area contributed by atoms with E-state index in [0.29, 0.717) is 11.1 Å². The van der Waals surface area contributed by atoms with Crippen molar-refractivity contribution >= 4 is 16.8 Å². The summed E-state index contributed by atoms with van der Waals surface area (Å²) < 4.78 is 5.43. The van der Waals surface area contributed by atoms with Crippen molar-refractivity contribution in [3.8, 4) is 22.3 Å². The molecular weight excluding hydrogens is 372 g/mol. The van der Waals surface area contributed by atoms with E-state index in [1.165, 1.54) is 5.56 Å². The Kier molecular flexibility index (Phi) is 4.90. The van der Waals surface area contributed by atoms with Crippen LogP contribution in [0.25, 0.3) is 33.2 Å². The molecule has 0 amide bonds. The lowest BCUT2D eigenvalue weighted by Crippen LogP contribution is -2.11. The summed E-state index contributed by atoms with van der Waals surface area (Å²) in [5.41, 5.74) is 6.04. The lowest BCUT2D eigenvalue weighted by atomic mass is 9.85. The normalized spacial score (nSPS) is 11.6. The predicted octanol–water partition coefficient (Wildman–Crippen LogP) is 6.63. The zero-order chi connectivity index (χ0) is 21.5. The van der Waals surface area contributed by atoms with Gasteiger partial charge in [-0.1, -0.05) is 75.4 Å². The van der Waals surface area contributed by atoms with Gasteiger partial charge in [0.05, 0.1) is 0 Å². The summed E-state index contributed by atoms with van der Waals surface area (Å²) >= 11 is 0. The fourth-order valence-corrected chi connectivity index (χ4v) is 3.61. The fourth-order valence-electron chi connectivity index (χ4n) is 3.61. The van der Waals surface area contributed by atoms with Crippen molar-refractivity contribution in [2.45, 2.75) is 33.1 Å². The van der Waals surface area contributed by atoms with Crippen LogP contribution in [0.5, 0.6) is 0 Å². The smallest absolute Gasteiger partial charge is 0.336 e. The molecule has 3 heteroatoms. The lowest BCUT2D eigenvalue weighted by molar-refractivity contribution is 0.101. The third-order valence-corrected chi connectivity index (χ3v) is 5.43. The molecule has 150 valence electrons. The fraction of sp³-hybridized carbons (Fsp3) is 0.185. The van der Waals surface area contributed by atoms with Crippen LogP contribution in [0.4, 0.5) is 0 Å². The van der Waals surface area contributed by atoms with Crippen molar-refractivity contribution in [1.29, 1.82) is 0 Å². The van der Waals surface area contributed by atoms with Gasteiger partial charge in [-0.25, -0.2) is 4.79 Å². The summed E-state index contributed by atoms with van der Waals surface area (Å²) in [5, 5.41) is 0.931. The molecule has 0 aliphatic carbocycles. The molecule has 3 nitrogen and oxygen atoms in total. The summed E-state index contributed by atoms with van der Waals surface area (Å²) in [4.78, 5) is 23.6. The van der Waals surface area contributed by atoms with Gasteiger partial charge in [-0.3, -0.25) is 4.79 Å². The number of benzene rings is 3. The summed E-state index contributed by atoms with van der Waals surface area (Å²) in [6, 6.07) is 23.3. The molecule has 30 heavy (non-hydrogen) atoms. The molecule has 1 heterocycles. The van der Waals surface area contributed by atoms with E-state index in [1.54, 1.807) is 13.0 Å². The van der Waals surface area contributed by atoms with Gasteiger partial charge in [0.1, 0.15) is 5.58 Å². The van der Waals surface area contributed by atoms with Gasteiger partial charge in [-0.2, -0.15) is 0 Å². The second kappa shape index (κ2) is 7.42. The van der Waals surface area contributed by atoms with Crippen molar-refractivity contribution in [3.05, 3.63) is 94.3 Å². The van der Waals surface area contributed by atoms with Crippen LogP contribution in [-0.4, -0.2) is 5.78 Å². The van der Waals surface area contributed by atoms with E-state index in [-0.39, 0.29) is 16.8 Å². The first-order valence-electron chi connectivity index (χ1n) is 10.0. The molecule has 4 aromatic rings. The highest BCUT2D eigenvalue weighted by Gasteiger charge is 2.16. The predicted molar refractivity (Wildman–Crippen MR) is 122 cm³/mol. The molecule has 0 saturated heterocycles. The average Bonchev–Trinajstić information content (AvgIpc) is 2.72. The van der Waals surface area contributed by atoms with Crippen LogP contribution in [0.3, 0.4) is 0 Å². The number of carbonyl (C=O) groups excluding carboxylic acids is 1. The highest BCUT2D eigenvalue weighted by molar-refractivity contribution is 5.95. The van der Waals surface area contributed by atoms with Crippen LogP contribution in [0, 0.1) is 0 Å². The molecular formula is C27H24O3. The summed E-state index contributed by atoms with van der Waals surface area (Å²) in [6.07, 6.45) is 0. The molecule has 0 aliphatic rings. The SMILES string of the molecule is CC(=O)c1ccc(-c2ccc(-c3cc(=O)oc4ccc(C(C)(C)C)cc34)cc2)cc1. The molecule has 3 aromatic carbocycles. The number of hydrogen-bond donors (Lipinski definition) is 0. The number of rotatable bonds is 3. The van der Waals surface area contributed by atoms with Gasteiger partial charge in [0.15, 0.2) is 5.78 Å². The van der Waals surface area contributed by atoms with E-state index < -0.39 is 0 Å². The van der Waals surface area contributed by atoms with E-state index in [9.17, 15) is 9.59 Å². The maximum absolute atomic E-state index is 12.1. The second-order valence-corrected chi connectivity index (χ2v) is 8.65. The largest absolute Gasteiger partial charge is 0.423 e. The Morgan fingerprint density at radius 2 is 1.33 bits per heavy atom. The maximum atomic E-state index is 12.1.